The number of nitrogens with zero attached hydrogens (tertiary/aromatic N) is 1. The lowest BCUT2D eigenvalue weighted by molar-refractivity contribution is 0.0951. The Bertz CT molecular complexity index is 585. The second-order valence-electron chi connectivity index (χ2n) is 3.86. The van der Waals surface area contributed by atoms with Crippen LogP contribution in [0.5, 0.6) is 0 Å². The Kier molecular flexibility index (Phi) is 3.72. The summed E-state index contributed by atoms with van der Waals surface area (Å²) in [6.45, 7) is 0.420. The van der Waals surface area contributed by atoms with Gasteiger partial charge in [0.1, 0.15) is 0 Å². The zero-order valence-corrected chi connectivity index (χ0v) is 9.76. The van der Waals surface area contributed by atoms with Gasteiger partial charge in [-0.15, -0.1) is 0 Å². The van der Waals surface area contributed by atoms with E-state index in [-0.39, 0.29) is 5.91 Å². The lowest BCUT2D eigenvalue weighted by Crippen LogP contribution is -2.22. The molecule has 0 aliphatic rings. The summed E-state index contributed by atoms with van der Waals surface area (Å²) in [7, 11) is 0. The SMILES string of the molecule is N#Cc1cccc(CNC(=O)c2ccccc2)c1. The third-order valence-corrected chi connectivity index (χ3v) is 2.55. The molecule has 0 aliphatic heterocycles. The molecule has 3 heteroatoms. The van der Waals surface area contributed by atoms with Gasteiger partial charge in [-0.25, -0.2) is 0 Å². The number of hydrogen-bond donors (Lipinski definition) is 1. The second-order valence-corrected chi connectivity index (χ2v) is 3.86. The van der Waals surface area contributed by atoms with Gasteiger partial charge in [-0.1, -0.05) is 30.3 Å². The Morgan fingerprint density at radius 1 is 1.11 bits per heavy atom. The molecule has 0 unspecified atom stereocenters. The fraction of sp³-hybridized carbons (Fsp3) is 0.0667. The van der Waals surface area contributed by atoms with Gasteiger partial charge in [0.25, 0.3) is 5.91 Å². The van der Waals surface area contributed by atoms with Crippen molar-refractivity contribution in [1.82, 2.24) is 5.32 Å². The van der Waals surface area contributed by atoms with Crippen molar-refractivity contribution in [3.05, 3.63) is 71.3 Å². The first-order chi connectivity index (χ1) is 8.79. The largest absolute Gasteiger partial charge is 0.348 e. The van der Waals surface area contributed by atoms with E-state index >= 15 is 0 Å². The molecule has 0 saturated heterocycles. The molecule has 88 valence electrons. The van der Waals surface area contributed by atoms with Crippen LogP contribution >= 0.6 is 0 Å². The third-order valence-electron chi connectivity index (χ3n) is 2.55. The Hall–Kier alpha value is -2.60. The van der Waals surface area contributed by atoms with E-state index in [4.69, 9.17) is 5.26 Å². The van der Waals surface area contributed by atoms with E-state index in [2.05, 4.69) is 11.4 Å². The minimum atomic E-state index is -0.113. The molecule has 0 spiro atoms. The number of benzene rings is 2. The van der Waals surface area contributed by atoms with Crippen LogP contribution in [0.1, 0.15) is 21.5 Å². The number of amides is 1. The number of rotatable bonds is 3. The highest BCUT2D eigenvalue weighted by Crippen LogP contribution is 2.04. The number of nitriles is 1. The van der Waals surface area contributed by atoms with Crippen LogP contribution in [0.4, 0.5) is 0 Å². The summed E-state index contributed by atoms with van der Waals surface area (Å²) in [4.78, 5) is 11.8. The second kappa shape index (κ2) is 5.65. The van der Waals surface area contributed by atoms with Crippen molar-refractivity contribution in [2.24, 2.45) is 0 Å². The highest BCUT2D eigenvalue weighted by molar-refractivity contribution is 5.94. The third kappa shape index (κ3) is 2.96. The number of carbonyl (C=O) groups excluding carboxylic acids is 1. The van der Waals surface area contributed by atoms with Gasteiger partial charge in [0.05, 0.1) is 11.6 Å². The van der Waals surface area contributed by atoms with Crippen LogP contribution in [-0.4, -0.2) is 5.91 Å². The molecule has 3 nitrogen and oxygen atoms in total. The topological polar surface area (TPSA) is 52.9 Å². The van der Waals surface area contributed by atoms with Crippen LogP contribution in [0.3, 0.4) is 0 Å². The number of carbonyl (C=O) groups is 1. The van der Waals surface area contributed by atoms with Crippen molar-refractivity contribution in [1.29, 1.82) is 5.26 Å². The molecule has 2 aromatic rings. The summed E-state index contributed by atoms with van der Waals surface area (Å²) in [5.41, 5.74) is 2.15. The zero-order chi connectivity index (χ0) is 12.8. The van der Waals surface area contributed by atoms with E-state index in [1.54, 1.807) is 24.3 Å². The van der Waals surface area contributed by atoms with Gasteiger partial charge in [0, 0.05) is 12.1 Å². The molecule has 0 radical (unpaired) electrons. The van der Waals surface area contributed by atoms with Gasteiger partial charge in [-0.05, 0) is 29.8 Å². The minimum Gasteiger partial charge on any atom is -0.348 e. The smallest absolute Gasteiger partial charge is 0.251 e. The average Bonchev–Trinajstić information content (AvgIpc) is 2.46. The molecule has 0 heterocycles. The van der Waals surface area contributed by atoms with E-state index in [1.165, 1.54) is 0 Å². The van der Waals surface area contributed by atoms with Crippen molar-refractivity contribution in [2.45, 2.75) is 6.54 Å². The summed E-state index contributed by atoms with van der Waals surface area (Å²) in [6.07, 6.45) is 0. The maximum Gasteiger partial charge on any atom is 0.251 e. The zero-order valence-electron chi connectivity index (χ0n) is 9.76. The van der Waals surface area contributed by atoms with Gasteiger partial charge in [-0.2, -0.15) is 5.26 Å². The molecule has 0 aromatic heterocycles. The van der Waals surface area contributed by atoms with E-state index in [0.717, 1.165) is 5.56 Å². The molecule has 2 rings (SSSR count). The predicted molar refractivity (Wildman–Crippen MR) is 68.8 cm³/mol. The lowest BCUT2D eigenvalue weighted by atomic mass is 10.1. The normalized spacial score (nSPS) is 9.50. The van der Waals surface area contributed by atoms with E-state index in [9.17, 15) is 4.79 Å². The van der Waals surface area contributed by atoms with Crippen LogP contribution in [-0.2, 0) is 6.54 Å². The summed E-state index contributed by atoms with van der Waals surface area (Å²) < 4.78 is 0. The van der Waals surface area contributed by atoms with Crippen LogP contribution in [0.2, 0.25) is 0 Å². The maximum absolute atomic E-state index is 11.8. The minimum absolute atomic E-state index is 0.113. The monoisotopic (exact) mass is 236 g/mol. The Morgan fingerprint density at radius 2 is 1.89 bits per heavy atom. The Morgan fingerprint density at radius 3 is 2.61 bits per heavy atom. The van der Waals surface area contributed by atoms with E-state index in [1.807, 2.05) is 30.3 Å². The van der Waals surface area contributed by atoms with Crippen molar-refractivity contribution in [3.8, 4) is 6.07 Å². The molecule has 0 atom stereocenters. The summed E-state index contributed by atoms with van der Waals surface area (Å²) in [5.74, 6) is -0.113. The molecule has 0 bridgehead atoms. The first-order valence-electron chi connectivity index (χ1n) is 5.62. The fourth-order valence-corrected chi connectivity index (χ4v) is 1.62. The average molecular weight is 236 g/mol. The molecule has 1 amide bonds. The van der Waals surface area contributed by atoms with Crippen molar-refractivity contribution < 1.29 is 4.79 Å². The fourth-order valence-electron chi connectivity index (χ4n) is 1.62. The van der Waals surface area contributed by atoms with Gasteiger partial charge in [0.2, 0.25) is 0 Å². The number of hydrogen-bond acceptors (Lipinski definition) is 2. The molecule has 0 fully saturated rings. The van der Waals surface area contributed by atoms with Gasteiger partial charge in [0.15, 0.2) is 0 Å². The maximum atomic E-state index is 11.8. The molecule has 1 N–H and O–H groups in total. The summed E-state index contributed by atoms with van der Waals surface area (Å²) >= 11 is 0. The van der Waals surface area contributed by atoms with Crippen molar-refractivity contribution in [2.75, 3.05) is 0 Å². The predicted octanol–water partition coefficient (Wildman–Crippen LogP) is 2.49. The van der Waals surface area contributed by atoms with Crippen LogP contribution in [0, 0.1) is 11.3 Å². The highest BCUT2D eigenvalue weighted by Gasteiger charge is 2.03. The Balaban J connectivity index is 2.00. The molecule has 0 aliphatic carbocycles. The number of nitrogens with one attached hydrogen (secondary N) is 1. The molecule has 0 saturated carbocycles. The lowest BCUT2D eigenvalue weighted by Gasteiger charge is -2.05. The highest BCUT2D eigenvalue weighted by atomic mass is 16.1. The quantitative estimate of drug-likeness (QED) is 0.890. The molecular formula is C15H12N2O. The molecule has 2 aromatic carbocycles. The summed E-state index contributed by atoms with van der Waals surface area (Å²) in [6, 6.07) is 18.3. The van der Waals surface area contributed by atoms with Crippen LogP contribution in [0.25, 0.3) is 0 Å². The van der Waals surface area contributed by atoms with Crippen LogP contribution < -0.4 is 5.32 Å². The van der Waals surface area contributed by atoms with Gasteiger partial charge in [-0.3, -0.25) is 4.79 Å². The standard InChI is InChI=1S/C15H12N2O/c16-10-12-5-4-6-13(9-12)11-17-15(18)14-7-2-1-3-8-14/h1-9H,11H2,(H,17,18). The van der Waals surface area contributed by atoms with Crippen LogP contribution in [0.15, 0.2) is 54.6 Å². The van der Waals surface area contributed by atoms with Crippen molar-refractivity contribution >= 4 is 5.91 Å². The summed E-state index contributed by atoms with van der Waals surface area (Å²) in [5, 5.41) is 11.6. The first kappa shape index (κ1) is 11.9. The van der Waals surface area contributed by atoms with E-state index < -0.39 is 0 Å². The van der Waals surface area contributed by atoms with E-state index in [0.29, 0.717) is 17.7 Å². The van der Waals surface area contributed by atoms with Gasteiger partial charge < -0.3 is 5.32 Å². The van der Waals surface area contributed by atoms with Crippen molar-refractivity contribution in [3.63, 3.8) is 0 Å². The van der Waals surface area contributed by atoms with Gasteiger partial charge >= 0.3 is 0 Å². The molecule has 18 heavy (non-hydrogen) atoms. The first-order valence-corrected chi connectivity index (χ1v) is 5.62. The Labute approximate surface area is 106 Å². The molecular weight excluding hydrogens is 224 g/mol.